The van der Waals surface area contributed by atoms with Gasteiger partial charge in [0, 0.05) is 8.47 Å². The lowest BCUT2D eigenvalue weighted by atomic mass is 9.97. The van der Waals surface area contributed by atoms with Crippen LogP contribution in [0.4, 0.5) is 0 Å². The van der Waals surface area contributed by atoms with Gasteiger partial charge in [-0.15, -0.1) is 12.6 Å². The van der Waals surface area contributed by atoms with Crippen molar-refractivity contribution in [2.75, 3.05) is 0 Å². The van der Waals surface area contributed by atoms with Crippen LogP contribution < -0.4 is 5.46 Å². The van der Waals surface area contributed by atoms with E-state index in [4.69, 9.17) is 7.85 Å². The van der Waals surface area contributed by atoms with E-state index in [1.54, 1.807) is 0 Å². The van der Waals surface area contributed by atoms with Gasteiger partial charge in [0.05, 0.1) is 0 Å². The molecular weight excluding hydrogens is 242 g/mol. The Kier molecular flexibility index (Phi) is 2.46. The molecule has 0 aliphatic carbocycles. The van der Waals surface area contributed by atoms with Crippen molar-refractivity contribution in [1.82, 2.24) is 0 Å². The highest BCUT2D eigenvalue weighted by Gasteiger charge is 1.94. The SMILES string of the molecule is [B]c1cccc(S)c1I. The van der Waals surface area contributed by atoms with Gasteiger partial charge in [0.25, 0.3) is 0 Å². The fraction of sp³-hybridized carbons (Fsp3) is 0. The van der Waals surface area contributed by atoms with Crippen molar-refractivity contribution in [2.24, 2.45) is 0 Å². The van der Waals surface area contributed by atoms with E-state index in [0.29, 0.717) is 0 Å². The summed E-state index contributed by atoms with van der Waals surface area (Å²) < 4.78 is 1.03. The van der Waals surface area contributed by atoms with E-state index in [9.17, 15) is 0 Å². The third-order valence-electron chi connectivity index (χ3n) is 1.01. The first kappa shape index (κ1) is 7.47. The Balaban J connectivity index is 3.25. The Labute approximate surface area is 75.0 Å². The van der Waals surface area contributed by atoms with Crippen LogP contribution in [0.2, 0.25) is 0 Å². The van der Waals surface area contributed by atoms with Crippen LogP contribution >= 0.6 is 35.2 Å². The Hall–Kier alpha value is 0.365. The number of thiol groups is 1. The predicted molar refractivity (Wildman–Crippen MR) is 51.8 cm³/mol. The van der Waals surface area contributed by atoms with Crippen molar-refractivity contribution in [3.8, 4) is 0 Å². The van der Waals surface area contributed by atoms with E-state index in [1.165, 1.54) is 0 Å². The summed E-state index contributed by atoms with van der Waals surface area (Å²) in [5, 5.41) is 0. The average molecular weight is 246 g/mol. The Bertz CT molecular complexity index is 204. The lowest BCUT2D eigenvalue weighted by molar-refractivity contribution is 1.45. The molecule has 0 atom stereocenters. The molecule has 3 heteroatoms. The number of benzene rings is 1. The second kappa shape index (κ2) is 2.97. The zero-order valence-corrected chi connectivity index (χ0v) is 7.69. The van der Waals surface area contributed by atoms with Gasteiger partial charge in [0.1, 0.15) is 7.85 Å². The summed E-state index contributed by atoms with van der Waals surface area (Å²) in [7, 11) is 5.56. The van der Waals surface area contributed by atoms with Gasteiger partial charge in [0.2, 0.25) is 0 Å². The Morgan fingerprint density at radius 2 is 2.11 bits per heavy atom. The molecule has 0 spiro atoms. The van der Waals surface area contributed by atoms with Crippen LogP contribution in [-0.4, -0.2) is 7.85 Å². The third-order valence-corrected chi connectivity index (χ3v) is 3.01. The van der Waals surface area contributed by atoms with Crippen molar-refractivity contribution in [3.63, 3.8) is 0 Å². The summed E-state index contributed by atoms with van der Waals surface area (Å²) in [6, 6.07) is 5.67. The van der Waals surface area contributed by atoms with E-state index in [-0.39, 0.29) is 0 Å². The van der Waals surface area contributed by atoms with Crippen molar-refractivity contribution in [1.29, 1.82) is 0 Å². The highest BCUT2D eigenvalue weighted by atomic mass is 127. The maximum absolute atomic E-state index is 5.56. The number of rotatable bonds is 0. The molecule has 0 N–H and O–H groups in total. The molecule has 0 amide bonds. The number of hydrogen-bond acceptors (Lipinski definition) is 1. The van der Waals surface area contributed by atoms with Gasteiger partial charge in [-0.3, -0.25) is 0 Å². The zero-order valence-electron chi connectivity index (χ0n) is 4.63. The van der Waals surface area contributed by atoms with Crippen LogP contribution in [-0.2, 0) is 0 Å². The van der Waals surface area contributed by atoms with Crippen LogP contribution in [0.1, 0.15) is 0 Å². The van der Waals surface area contributed by atoms with Gasteiger partial charge in [-0.1, -0.05) is 17.6 Å². The molecule has 1 aromatic rings. The van der Waals surface area contributed by atoms with Crippen molar-refractivity contribution >= 4 is 48.5 Å². The van der Waals surface area contributed by atoms with Gasteiger partial charge in [-0.05, 0) is 28.7 Å². The molecule has 0 fully saturated rings. The molecule has 0 aliphatic rings. The quantitative estimate of drug-likeness (QED) is 0.399. The molecule has 0 saturated heterocycles. The summed E-state index contributed by atoms with van der Waals surface area (Å²) in [5.41, 5.74) is 0.795. The minimum atomic E-state index is 0.795. The third kappa shape index (κ3) is 1.64. The lowest BCUT2D eigenvalue weighted by Crippen LogP contribution is -2.06. The molecule has 0 aromatic heterocycles. The average Bonchev–Trinajstić information content (AvgIpc) is 1.83. The molecule has 0 unspecified atom stereocenters. The van der Waals surface area contributed by atoms with E-state index >= 15 is 0 Å². The topological polar surface area (TPSA) is 0 Å². The van der Waals surface area contributed by atoms with Crippen LogP contribution in [0.3, 0.4) is 0 Å². The van der Waals surface area contributed by atoms with Crippen molar-refractivity contribution < 1.29 is 0 Å². The molecule has 9 heavy (non-hydrogen) atoms. The fourth-order valence-electron chi connectivity index (χ4n) is 0.537. The summed E-state index contributed by atoms with van der Waals surface area (Å²) in [6.07, 6.45) is 0. The molecule has 1 aromatic carbocycles. The summed E-state index contributed by atoms with van der Waals surface area (Å²) in [5.74, 6) is 0. The maximum atomic E-state index is 5.56. The smallest absolute Gasteiger partial charge is 0.115 e. The monoisotopic (exact) mass is 246 g/mol. The second-order valence-electron chi connectivity index (χ2n) is 1.68. The van der Waals surface area contributed by atoms with E-state index in [1.807, 2.05) is 18.2 Å². The minimum Gasteiger partial charge on any atom is -0.142 e. The molecule has 0 bridgehead atoms. The number of halogens is 1. The molecule has 2 radical (unpaired) electrons. The molecule has 0 aliphatic heterocycles. The molecule has 0 nitrogen and oxygen atoms in total. The van der Waals surface area contributed by atoms with Crippen LogP contribution in [0.25, 0.3) is 0 Å². The summed E-state index contributed by atoms with van der Waals surface area (Å²) in [6.45, 7) is 0. The van der Waals surface area contributed by atoms with Gasteiger partial charge in [0.15, 0.2) is 0 Å². The highest BCUT2D eigenvalue weighted by molar-refractivity contribution is 14.1. The molecule has 1 rings (SSSR count). The first-order chi connectivity index (χ1) is 4.22. The summed E-state index contributed by atoms with van der Waals surface area (Å²) >= 11 is 6.35. The molecule has 0 saturated carbocycles. The Morgan fingerprint density at radius 1 is 1.44 bits per heavy atom. The normalized spacial score (nSPS) is 9.56. The first-order valence-electron chi connectivity index (χ1n) is 2.45. The first-order valence-corrected chi connectivity index (χ1v) is 3.97. The second-order valence-corrected chi connectivity index (χ2v) is 3.24. The van der Waals surface area contributed by atoms with Crippen molar-refractivity contribution in [3.05, 3.63) is 21.8 Å². The zero-order chi connectivity index (χ0) is 6.85. The van der Waals surface area contributed by atoms with Crippen LogP contribution in [0.5, 0.6) is 0 Å². The predicted octanol–water partition coefficient (Wildman–Crippen LogP) is 1.37. The van der Waals surface area contributed by atoms with Crippen molar-refractivity contribution in [2.45, 2.75) is 4.90 Å². The van der Waals surface area contributed by atoms with E-state index in [2.05, 4.69) is 35.2 Å². The summed E-state index contributed by atoms with van der Waals surface area (Å²) in [4.78, 5) is 0.940. The molecule has 0 heterocycles. The largest absolute Gasteiger partial charge is 0.142 e. The van der Waals surface area contributed by atoms with Crippen LogP contribution in [0, 0.1) is 3.57 Å². The minimum absolute atomic E-state index is 0.795. The lowest BCUT2D eigenvalue weighted by Gasteiger charge is -1.98. The number of hydrogen-bond donors (Lipinski definition) is 1. The van der Waals surface area contributed by atoms with Gasteiger partial charge < -0.3 is 0 Å². The van der Waals surface area contributed by atoms with Gasteiger partial charge in [-0.2, -0.15) is 0 Å². The molecular formula is C6H4BIS. The fourth-order valence-corrected chi connectivity index (χ4v) is 1.11. The van der Waals surface area contributed by atoms with E-state index in [0.717, 1.165) is 13.9 Å². The standard InChI is InChI=1S/C6H4BIS/c7-4-2-1-3-5(9)6(4)8/h1-3,9H. The van der Waals surface area contributed by atoms with Gasteiger partial charge >= 0.3 is 0 Å². The Morgan fingerprint density at radius 3 is 2.56 bits per heavy atom. The molecule has 44 valence electrons. The maximum Gasteiger partial charge on any atom is 0.115 e. The van der Waals surface area contributed by atoms with E-state index < -0.39 is 0 Å². The van der Waals surface area contributed by atoms with Gasteiger partial charge in [-0.25, -0.2) is 0 Å². The van der Waals surface area contributed by atoms with Crippen LogP contribution in [0.15, 0.2) is 23.1 Å². The highest BCUT2D eigenvalue weighted by Crippen LogP contribution is 2.11.